The van der Waals surface area contributed by atoms with Crippen LogP contribution in [0, 0.1) is 10.1 Å². The summed E-state index contributed by atoms with van der Waals surface area (Å²) in [6.45, 7) is 2.22. The van der Waals surface area contributed by atoms with E-state index in [0.29, 0.717) is 6.61 Å². The molecular weight excluding hydrogens is 300 g/mol. The maximum absolute atomic E-state index is 12.0. The molecular formula is C16H16N2O5. The number of ether oxygens (including phenoxy) is 1. The van der Waals surface area contributed by atoms with E-state index in [4.69, 9.17) is 9.57 Å². The van der Waals surface area contributed by atoms with Gasteiger partial charge in [0.1, 0.15) is 0 Å². The van der Waals surface area contributed by atoms with Crippen molar-refractivity contribution in [2.75, 3.05) is 6.61 Å². The fourth-order valence-corrected chi connectivity index (χ4v) is 1.90. The molecule has 0 spiro atoms. The fourth-order valence-electron chi connectivity index (χ4n) is 1.90. The Hall–Kier alpha value is -2.93. The van der Waals surface area contributed by atoms with E-state index in [1.165, 1.54) is 12.1 Å². The van der Waals surface area contributed by atoms with Crippen LogP contribution in [0.25, 0.3) is 0 Å². The van der Waals surface area contributed by atoms with E-state index >= 15 is 0 Å². The lowest BCUT2D eigenvalue weighted by Gasteiger charge is -2.08. The number of carbonyl (C=O) groups is 1. The van der Waals surface area contributed by atoms with Gasteiger partial charge in [-0.1, -0.05) is 30.3 Å². The SMILES string of the molecule is CCOc1ccc(C(=O)NOCc2ccccc2)cc1[N+](=O)[O-]. The normalized spacial score (nSPS) is 10.1. The number of nitrogens with one attached hydrogen (secondary N) is 1. The molecule has 0 aliphatic carbocycles. The van der Waals surface area contributed by atoms with Gasteiger partial charge in [0.05, 0.1) is 18.1 Å². The summed E-state index contributed by atoms with van der Waals surface area (Å²) in [6, 6.07) is 13.3. The summed E-state index contributed by atoms with van der Waals surface area (Å²) in [5, 5.41) is 11.0. The van der Waals surface area contributed by atoms with Crippen molar-refractivity contribution in [2.45, 2.75) is 13.5 Å². The minimum atomic E-state index is -0.591. The van der Waals surface area contributed by atoms with Gasteiger partial charge in [-0.3, -0.25) is 19.7 Å². The molecule has 7 heteroatoms. The van der Waals surface area contributed by atoms with Gasteiger partial charge in [-0.25, -0.2) is 5.48 Å². The average molecular weight is 316 g/mol. The molecule has 0 radical (unpaired) electrons. The number of hydrogen-bond donors (Lipinski definition) is 1. The minimum Gasteiger partial charge on any atom is -0.487 e. The Bertz CT molecular complexity index is 688. The molecule has 0 unspecified atom stereocenters. The topological polar surface area (TPSA) is 90.7 Å². The van der Waals surface area contributed by atoms with Crippen LogP contribution in [-0.2, 0) is 11.4 Å². The molecule has 0 aromatic heterocycles. The Kier molecular flexibility index (Phi) is 5.65. The fraction of sp³-hybridized carbons (Fsp3) is 0.188. The summed E-state index contributed by atoms with van der Waals surface area (Å²) in [7, 11) is 0. The van der Waals surface area contributed by atoms with Gasteiger partial charge in [-0.05, 0) is 24.6 Å². The first-order chi connectivity index (χ1) is 11.1. The van der Waals surface area contributed by atoms with Crippen molar-refractivity contribution in [2.24, 2.45) is 0 Å². The Morgan fingerprint density at radius 1 is 1.22 bits per heavy atom. The Labute approximate surface area is 132 Å². The number of carbonyl (C=O) groups excluding carboxylic acids is 1. The number of hydroxylamine groups is 1. The third kappa shape index (κ3) is 4.52. The first-order valence-corrected chi connectivity index (χ1v) is 6.99. The standard InChI is InChI=1S/C16H16N2O5/c1-2-22-15-9-8-13(10-14(15)18(20)21)16(19)17-23-11-12-6-4-3-5-7-12/h3-10H,2,11H2,1H3,(H,17,19). The van der Waals surface area contributed by atoms with Crippen LogP contribution >= 0.6 is 0 Å². The molecule has 7 nitrogen and oxygen atoms in total. The first kappa shape index (κ1) is 16.4. The molecule has 2 aromatic carbocycles. The van der Waals surface area contributed by atoms with Crippen LogP contribution in [0.5, 0.6) is 5.75 Å². The van der Waals surface area contributed by atoms with Crippen LogP contribution in [0.3, 0.4) is 0 Å². The number of nitrogens with zero attached hydrogens (tertiary/aromatic N) is 1. The molecule has 2 rings (SSSR count). The van der Waals surface area contributed by atoms with Crippen molar-refractivity contribution in [1.29, 1.82) is 0 Å². The predicted octanol–water partition coefficient (Wildman–Crippen LogP) is 2.86. The van der Waals surface area contributed by atoms with Crippen LogP contribution in [0.2, 0.25) is 0 Å². The van der Waals surface area contributed by atoms with Crippen LogP contribution in [0.15, 0.2) is 48.5 Å². The highest BCUT2D eigenvalue weighted by Gasteiger charge is 2.18. The third-order valence-corrected chi connectivity index (χ3v) is 2.96. The van der Waals surface area contributed by atoms with E-state index < -0.39 is 10.8 Å². The molecule has 0 bridgehead atoms. The number of amides is 1. The molecule has 0 atom stereocenters. The summed E-state index contributed by atoms with van der Waals surface area (Å²) >= 11 is 0. The average Bonchev–Trinajstić information content (AvgIpc) is 2.56. The quantitative estimate of drug-likeness (QED) is 0.626. The van der Waals surface area contributed by atoms with Gasteiger partial charge in [0, 0.05) is 11.6 Å². The molecule has 0 heterocycles. The predicted molar refractivity (Wildman–Crippen MR) is 83.0 cm³/mol. The van der Waals surface area contributed by atoms with Crippen molar-refractivity contribution in [3.8, 4) is 5.75 Å². The van der Waals surface area contributed by atoms with Gasteiger partial charge in [0.15, 0.2) is 5.75 Å². The number of nitro benzene ring substituents is 1. The molecule has 2 aromatic rings. The maximum atomic E-state index is 12.0. The number of benzene rings is 2. The van der Waals surface area contributed by atoms with Crippen LogP contribution in [0.4, 0.5) is 5.69 Å². The van der Waals surface area contributed by atoms with E-state index in [9.17, 15) is 14.9 Å². The van der Waals surface area contributed by atoms with Crippen molar-refractivity contribution in [3.63, 3.8) is 0 Å². The molecule has 120 valence electrons. The van der Waals surface area contributed by atoms with E-state index in [0.717, 1.165) is 11.6 Å². The first-order valence-electron chi connectivity index (χ1n) is 6.99. The van der Waals surface area contributed by atoms with Crippen LogP contribution in [-0.4, -0.2) is 17.4 Å². The van der Waals surface area contributed by atoms with Gasteiger partial charge < -0.3 is 4.74 Å². The lowest BCUT2D eigenvalue weighted by atomic mass is 10.2. The second-order valence-corrected chi connectivity index (χ2v) is 4.58. The number of nitro groups is 1. The number of hydrogen-bond acceptors (Lipinski definition) is 5. The zero-order valence-corrected chi connectivity index (χ0v) is 12.5. The van der Waals surface area contributed by atoms with E-state index in [1.54, 1.807) is 6.92 Å². The van der Waals surface area contributed by atoms with E-state index in [-0.39, 0.29) is 23.6 Å². The summed E-state index contributed by atoms with van der Waals surface area (Å²) < 4.78 is 5.17. The van der Waals surface area contributed by atoms with E-state index in [1.807, 2.05) is 30.3 Å². The zero-order valence-electron chi connectivity index (χ0n) is 12.5. The van der Waals surface area contributed by atoms with Crippen LogP contribution in [0.1, 0.15) is 22.8 Å². The van der Waals surface area contributed by atoms with Crippen molar-refractivity contribution in [3.05, 3.63) is 69.8 Å². The van der Waals surface area contributed by atoms with Gasteiger partial charge in [-0.15, -0.1) is 0 Å². The van der Waals surface area contributed by atoms with Gasteiger partial charge in [0.25, 0.3) is 5.91 Å². The summed E-state index contributed by atoms with van der Waals surface area (Å²) in [6.07, 6.45) is 0. The lowest BCUT2D eigenvalue weighted by molar-refractivity contribution is -0.385. The monoisotopic (exact) mass is 316 g/mol. The largest absolute Gasteiger partial charge is 0.487 e. The molecule has 0 aliphatic rings. The maximum Gasteiger partial charge on any atom is 0.311 e. The molecule has 0 fully saturated rings. The third-order valence-electron chi connectivity index (χ3n) is 2.96. The van der Waals surface area contributed by atoms with Crippen LogP contribution < -0.4 is 10.2 Å². The zero-order chi connectivity index (χ0) is 16.7. The molecule has 0 saturated carbocycles. The molecule has 0 aliphatic heterocycles. The smallest absolute Gasteiger partial charge is 0.311 e. The Morgan fingerprint density at radius 2 is 1.96 bits per heavy atom. The van der Waals surface area contributed by atoms with Crippen molar-refractivity contribution in [1.82, 2.24) is 5.48 Å². The van der Waals surface area contributed by atoms with Gasteiger partial charge in [0.2, 0.25) is 0 Å². The van der Waals surface area contributed by atoms with Gasteiger partial charge >= 0.3 is 5.69 Å². The summed E-state index contributed by atoms with van der Waals surface area (Å²) in [5.41, 5.74) is 3.01. The van der Waals surface area contributed by atoms with Gasteiger partial charge in [-0.2, -0.15) is 0 Å². The molecule has 1 amide bonds. The second-order valence-electron chi connectivity index (χ2n) is 4.58. The van der Waals surface area contributed by atoms with Crippen molar-refractivity contribution >= 4 is 11.6 Å². The molecule has 0 saturated heterocycles. The van der Waals surface area contributed by atoms with Crippen molar-refractivity contribution < 1.29 is 19.3 Å². The lowest BCUT2D eigenvalue weighted by Crippen LogP contribution is -2.23. The highest BCUT2D eigenvalue weighted by molar-refractivity contribution is 5.94. The second kappa shape index (κ2) is 7.90. The minimum absolute atomic E-state index is 0.119. The Balaban J connectivity index is 2.01. The highest BCUT2D eigenvalue weighted by Crippen LogP contribution is 2.27. The Morgan fingerprint density at radius 3 is 2.61 bits per heavy atom. The molecule has 23 heavy (non-hydrogen) atoms. The number of rotatable bonds is 7. The summed E-state index contributed by atoms with van der Waals surface area (Å²) in [5.74, 6) is -0.439. The molecule has 1 N–H and O–H groups in total. The summed E-state index contributed by atoms with van der Waals surface area (Å²) in [4.78, 5) is 27.5. The highest BCUT2D eigenvalue weighted by atomic mass is 16.7. The van der Waals surface area contributed by atoms with E-state index in [2.05, 4.69) is 5.48 Å².